The lowest BCUT2D eigenvalue weighted by Crippen LogP contribution is -2.47. The lowest BCUT2D eigenvalue weighted by Gasteiger charge is -2.32. The summed E-state index contributed by atoms with van der Waals surface area (Å²) >= 11 is 0. The lowest BCUT2D eigenvalue weighted by molar-refractivity contribution is 0.141. The minimum absolute atomic E-state index is 0.0550. The maximum Gasteiger partial charge on any atom is 0.0613 e. The summed E-state index contributed by atoms with van der Waals surface area (Å²) in [6, 6.07) is 10.4. The summed E-state index contributed by atoms with van der Waals surface area (Å²) in [6.45, 7) is 3.44. The topological polar surface area (TPSA) is 32.3 Å². The molecule has 1 fully saturated rings. The van der Waals surface area contributed by atoms with Gasteiger partial charge in [-0.25, -0.2) is 0 Å². The Morgan fingerprint density at radius 3 is 2.72 bits per heavy atom. The molecule has 0 aromatic heterocycles. The van der Waals surface area contributed by atoms with Gasteiger partial charge in [-0.3, -0.25) is 0 Å². The minimum Gasteiger partial charge on any atom is -0.394 e. The molecule has 0 radical (unpaired) electrons. The first kappa shape index (κ1) is 13.6. The molecule has 2 rings (SSSR count). The smallest absolute Gasteiger partial charge is 0.0613 e. The zero-order chi connectivity index (χ0) is 12.8. The molecule has 2 atom stereocenters. The van der Waals surface area contributed by atoms with Gasteiger partial charge in [0.1, 0.15) is 0 Å². The molecular formula is C16H25NO. The average Bonchev–Trinajstić information content (AvgIpc) is 2.61. The van der Waals surface area contributed by atoms with Gasteiger partial charge in [-0.15, -0.1) is 0 Å². The number of hydrogen-bond donors (Lipinski definition) is 2. The molecule has 2 heteroatoms. The Labute approximate surface area is 110 Å². The normalized spacial score (nSPS) is 28.9. The van der Waals surface area contributed by atoms with Crippen molar-refractivity contribution in [3.63, 3.8) is 0 Å². The molecule has 0 aliphatic heterocycles. The van der Waals surface area contributed by atoms with Crippen molar-refractivity contribution in [3.05, 3.63) is 35.9 Å². The Morgan fingerprint density at radius 2 is 2.00 bits per heavy atom. The average molecular weight is 247 g/mol. The summed E-state index contributed by atoms with van der Waals surface area (Å²) in [5, 5.41) is 13.4. The fourth-order valence-corrected chi connectivity index (χ4v) is 2.86. The third-order valence-electron chi connectivity index (χ3n) is 4.28. The molecule has 0 spiro atoms. The van der Waals surface area contributed by atoms with E-state index in [1.165, 1.54) is 24.8 Å². The molecule has 18 heavy (non-hydrogen) atoms. The van der Waals surface area contributed by atoms with Crippen molar-refractivity contribution in [2.24, 2.45) is 5.92 Å². The summed E-state index contributed by atoms with van der Waals surface area (Å²) in [5.41, 5.74) is 1.24. The van der Waals surface area contributed by atoms with Crippen molar-refractivity contribution in [1.82, 2.24) is 5.32 Å². The molecule has 2 N–H and O–H groups in total. The Morgan fingerprint density at radius 1 is 1.22 bits per heavy atom. The highest BCUT2D eigenvalue weighted by atomic mass is 16.3. The first-order chi connectivity index (χ1) is 8.74. The van der Waals surface area contributed by atoms with Crippen molar-refractivity contribution >= 4 is 0 Å². The van der Waals surface area contributed by atoms with E-state index in [-0.39, 0.29) is 12.1 Å². The highest BCUT2D eigenvalue weighted by Gasteiger charge is 2.30. The highest BCUT2D eigenvalue weighted by molar-refractivity contribution is 5.14. The number of hydrogen-bond acceptors (Lipinski definition) is 2. The third kappa shape index (κ3) is 3.56. The molecule has 1 aromatic carbocycles. The second kappa shape index (κ2) is 6.35. The molecule has 0 saturated heterocycles. The van der Waals surface area contributed by atoms with Crippen LogP contribution in [0.5, 0.6) is 0 Å². The highest BCUT2D eigenvalue weighted by Crippen LogP contribution is 2.30. The van der Waals surface area contributed by atoms with E-state index in [0.717, 1.165) is 25.3 Å². The van der Waals surface area contributed by atoms with Crippen LogP contribution in [0.2, 0.25) is 0 Å². The lowest BCUT2D eigenvalue weighted by atomic mass is 9.90. The third-order valence-corrected chi connectivity index (χ3v) is 4.28. The maximum atomic E-state index is 9.77. The van der Waals surface area contributed by atoms with Crippen molar-refractivity contribution in [1.29, 1.82) is 0 Å². The van der Waals surface area contributed by atoms with Gasteiger partial charge >= 0.3 is 0 Å². The molecule has 0 heterocycles. The van der Waals surface area contributed by atoms with Gasteiger partial charge in [-0.05, 0) is 30.7 Å². The number of nitrogens with one attached hydrogen (secondary N) is 1. The molecular weight excluding hydrogens is 222 g/mol. The van der Waals surface area contributed by atoms with Crippen LogP contribution in [0.4, 0.5) is 0 Å². The van der Waals surface area contributed by atoms with Gasteiger partial charge < -0.3 is 10.4 Å². The number of aliphatic hydroxyl groups is 1. The van der Waals surface area contributed by atoms with E-state index in [9.17, 15) is 5.11 Å². The minimum atomic E-state index is -0.0550. The molecule has 1 aliphatic carbocycles. The van der Waals surface area contributed by atoms with E-state index in [1.807, 2.05) is 6.07 Å². The van der Waals surface area contributed by atoms with Crippen LogP contribution in [0, 0.1) is 5.92 Å². The van der Waals surface area contributed by atoms with Crippen LogP contribution in [0.3, 0.4) is 0 Å². The van der Waals surface area contributed by atoms with Gasteiger partial charge in [0.2, 0.25) is 0 Å². The summed E-state index contributed by atoms with van der Waals surface area (Å²) in [6.07, 6.45) is 5.94. The van der Waals surface area contributed by atoms with E-state index < -0.39 is 0 Å². The number of benzene rings is 1. The fourth-order valence-electron chi connectivity index (χ4n) is 2.86. The number of aliphatic hydroxyl groups excluding tert-OH is 1. The predicted octanol–water partition coefficient (Wildman–Crippen LogP) is 3.11. The van der Waals surface area contributed by atoms with E-state index in [1.54, 1.807) is 0 Å². The Balaban J connectivity index is 1.95. The Kier molecular flexibility index (Phi) is 4.79. The molecule has 0 amide bonds. The largest absolute Gasteiger partial charge is 0.394 e. The SMILES string of the molecule is CC1CCCC(CO)(NCc2ccccc2)CC1. The second-order valence-electron chi connectivity index (χ2n) is 5.81. The van der Waals surface area contributed by atoms with E-state index in [2.05, 4.69) is 36.5 Å². The van der Waals surface area contributed by atoms with Gasteiger partial charge in [0.15, 0.2) is 0 Å². The van der Waals surface area contributed by atoms with Crippen LogP contribution in [0.1, 0.15) is 44.6 Å². The molecule has 1 aromatic rings. The van der Waals surface area contributed by atoms with Gasteiger partial charge in [-0.1, -0.05) is 50.1 Å². The van der Waals surface area contributed by atoms with Gasteiger partial charge in [0.25, 0.3) is 0 Å². The molecule has 2 nitrogen and oxygen atoms in total. The van der Waals surface area contributed by atoms with Gasteiger partial charge in [0, 0.05) is 12.1 Å². The van der Waals surface area contributed by atoms with E-state index >= 15 is 0 Å². The molecule has 100 valence electrons. The standard InChI is InChI=1S/C16H25NO/c1-14-6-5-10-16(13-18,11-9-14)17-12-15-7-3-2-4-8-15/h2-4,7-8,14,17-18H,5-6,9-13H2,1H3. The van der Waals surface area contributed by atoms with Crippen LogP contribution in [-0.4, -0.2) is 17.3 Å². The first-order valence-electron chi connectivity index (χ1n) is 7.14. The van der Waals surface area contributed by atoms with Crippen LogP contribution in [0.15, 0.2) is 30.3 Å². The fraction of sp³-hybridized carbons (Fsp3) is 0.625. The molecule has 1 aliphatic rings. The Bertz CT molecular complexity index is 351. The summed E-state index contributed by atoms with van der Waals surface area (Å²) in [5.74, 6) is 0.803. The van der Waals surface area contributed by atoms with Crippen molar-refractivity contribution in [2.45, 2.75) is 51.1 Å². The van der Waals surface area contributed by atoms with Crippen molar-refractivity contribution < 1.29 is 5.11 Å². The van der Waals surface area contributed by atoms with Crippen LogP contribution >= 0.6 is 0 Å². The molecule has 0 bridgehead atoms. The van der Waals surface area contributed by atoms with Crippen LogP contribution in [0.25, 0.3) is 0 Å². The van der Waals surface area contributed by atoms with E-state index in [0.29, 0.717) is 0 Å². The van der Waals surface area contributed by atoms with Gasteiger partial charge in [-0.2, -0.15) is 0 Å². The zero-order valence-corrected chi connectivity index (χ0v) is 11.4. The quantitative estimate of drug-likeness (QED) is 0.801. The van der Waals surface area contributed by atoms with Gasteiger partial charge in [0.05, 0.1) is 6.61 Å². The summed E-state index contributed by atoms with van der Waals surface area (Å²) in [7, 11) is 0. The first-order valence-corrected chi connectivity index (χ1v) is 7.14. The number of rotatable bonds is 4. The molecule has 1 saturated carbocycles. The second-order valence-corrected chi connectivity index (χ2v) is 5.81. The summed E-state index contributed by atoms with van der Waals surface area (Å²) in [4.78, 5) is 0. The predicted molar refractivity (Wildman–Crippen MR) is 75.3 cm³/mol. The zero-order valence-electron chi connectivity index (χ0n) is 11.4. The van der Waals surface area contributed by atoms with Crippen molar-refractivity contribution in [2.75, 3.05) is 6.61 Å². The van der Waals surface area contributed by atoms with Crippen molar-refractivity contribution in [3.8, 4) is 0 Å². The Hall–Kier alpha value is -0.860. The van der Waals surface area contributed by atoms with Crippen LogP contribution < -0.4 is 5.32 Å². The summed E-state index contributed by atoms with van der Waals surface area (Å²) < 4.78 is 0. The molecule has 2 unspecified atom stereocenters. The monoisotopic (exact) mass is 247 g/mol. The van der Waals surface area contributed by atoms with E-state index in [4.69, 9.17) is 0 Å². The maximum absolute atomic E-state index is 9.77. The van der Waals surface area contributed by atoms with Crippen LogP contribution in [-0.2, 0) is 6.54 Å².